The van der Waals surface area contributed by atoms with Crippen molar-refractivity contribution in [1.29, 1.82) is 0 Å². The van der Waals surface area contributed by atoms with E-state index in [9.17, 15) is 22.0 Å². The van der Waals surface area contributed by atoms with Gasteiger partial charge in [0, 0.05) is 12.4 Å². The molecule has 0 fully saturated rings. The fraction of sp³-hybridized carbons (Fsp3) is 0.375. The SMILES string of the molecule is CCc1c(C(F)F)nc(C(F)(F)F)c(CC)c1-c1ccncc1. The predicted octanol–water partition coefficient (Wildman–Crippen LogP) is 5.22. The molecule has 124 valence electrons. The second-order valence-electron chi connectivity index (χ2n) is 4.92. The molecule has 0 spiro atoms. The molecule has 23 heavy (non-hydrogen) atoms. The highest BCUT2D eigenvalue weighted by atomic mass is 19.4. The minimum atomic E-state index is -4.79. The van der Waals surface area contributed by atoms with Crippen molar-refractivity contribution in [2.75, 3.05) is 0 Å². The quantitative estimate of drug-likeness (QED) is 0.718. The molecule has 2 rings (SSSR count). The van der Waals surface area contributed by atoms with Gasteiger partial charge in [-0.3, -0.25) is 4.98 Å². The zero-order chi connectivity index (χ0) is 17.2. The lowest BCUT2D eigenvalue weighted by molar-refractivity contribution is -0.142. The number of aromatic nitrogens is 2. The van der Waals surface area contributed by atoms with Gasteiger partial charge in [0.25, 0.3) is 6.43 Å². The zero-order valence-electron chi connectivity index (χ0n) is 12.6. The lowest BCUT2D eigenvalue weighted by Crippen LogP contribution is -2.17. The Kier molecular flexibility index (Phi) is 4.97. The van der Waals surface area contributed by atoms with Gasteiger partial charge in [0.05, 0.1) is 0 Å². The van der Waals surface area contributed by atoms with Crippen molar-refractivity contribution < 1.29 is 22.0 Å². The van der Waals surface area contributed by atoms with Gasteiger partial charge >= 0.3 is 6.18 Å². The summed E-state index contributed by atoms with van der Waals surface area (Å²) < 4.78 is 66.4. The van der Waals surface area contributed by atoms with Gasteiger partial charge in [-0.2, -0.15) is 13.2 Å². The van der Waals surface area contributed by atoms with E-state index in [4.69, 9.17) is 0 Å². The van der Waals surface area contributed by atoms with E-state index in [1.807, 2.05) is 0 Å². The molecule has 0 bridgehead atoms. The molecular formula is C16H15F5N2. The standard InChI is InChI=1S/C16H15F5N2/c1-3-10-12(9-5-7-22-8-6-9)11(4-2)14(16(19,20)21)23-13(10)15(17)18/h5-8,15H,3-4H2,1-2H3. The highest BCUT2D eigenvalue weighted by Crippen LogP contribution is 2.40. The maximum Gasteiger partial charge on any atom is 0.433 e. The molecule has 0 saturated heterocycles. The van der Waals surface area contributed by atoms with E-state index in [-0.39, 0.29) is 29.5 Å². The van der Waals surface area contributed by atoms with E-state index in [2.05, 4.69) is 9.97 Å². The van der Waals surface area contributed by atoms with Gasteiger partial charge < -0.3 is 0 Å². The van der Waals surface area contributed by atoms with Crippen LogP contribution in [0.15, 0.2) is 24.5 Å². The molecular weight excluding hydrogens is 315 g/mol. The summed E-state index contributed by atoms with van der Waals surface area (Å²) in [4.78, 5) is 7.11. The molecule has 0 atom stereocenters. The van der Waals surface area contributed by atoms with Crippen LogP contribution in [0.5, 0.6) is 0 Å². The van der Waals surface area contributed by atoms with Crippen LogP contribution in [0, 0.1) is 0 Å². The van der Waals surface area contributed by atoms with Gasteiger partial charge in [0.2, 0.25) is 0 Å². The van der Waals surface area contributed by atoms with Gasteiger partial charge in [-0.25, -0.2) is 13.8 Å². The fourth-order valence-electron chi connectivity index (χ4n) is 2.67. The first-order valence-corrected chi connectivity index (χ1v) is 7.12. The van der Waals surface area contributed by atoms with E-state index in [1.165, 1.54) is 24.5 Å². The van der Waals surface area contributed by atoms with Crippen molar-refractivity contribution in [3.63, 3.8) is 0 Å². The third-order valence-corrected chi connectivity index (χ3v) is 3.58. The summed E-state index contributed by atoms with van der Waals surface area (Å²) in [5.41, 5.74) is -1.33. The van der Waals surface area contributed by atoms with E-state index >= 15 is 0 Å². The maximum absolute atomic E-state index is 13.3. The molecule has 0 aromatic carbocycles. The van der Waals surface area contributed by atoms with Crippen molar-refractivity contribution >= 4 is 0 Å². The van der Waals surface area contributed by atoms with Crippen LogP contribution in [0.4, 0.5) is 22.0 Å². The molecule has 2 nitrogen and oxygen atoms in total. The van der Waals surface area contributed by atoms with E-state index in [1.54, 1.807) is 13.8 Å². The number of alkyl halides is 5. The maximum atomic E-state index is 13.3. The number of nitrogens with zero attached hydrogens (tertiary/aromatic N) is 2. The Hall–Kier alpha value is -2.05. The Morgan fingerprint density at radius 2 is 1.57 bits per heavy atom. The molecule has 0 N–H and O–H groups in total. The van der Waals surface area contributed by atoms with Crippen LogP contribution in [0.25, 0.3) is 11.1 Å². The molecule has 0 saturated carbocycles. The molecule has 0 aliphatic carbocycles. The Morgan fingerprint density at radius 1 is 1.00 bits per heavy atom. The van der Waals surface area contributed by atoms with Gasteiger partial charge in [0.15, 0.2) is 0 Å². The number of rotatable bonds is 4. The predicted molar refractivity (Wildman–Crippen MR) is 76.2 cm³/mol. The normalized spacial score (nSPS) is 12.0. The third-order valence-electron chi connectivity index (χ3n) is 3.58. The second kappa shape index (κ2) is 6.60. The van der Waals surface area contributed by atoms with Crippen molar-refractivity contribution in [2.45, 2.75) is 39.3 Å². The molecule has 2 aromatic rings. The van der Waals surface area contributed by atoms with Crippen LogP contribution in [-0.4, -0.2) is 9.97 Å². The van der Waals surface area contributed by atoms with E-state index < -0.39 is 24.0 Å². The summed E-state index contributed by atoms with van der Waals surface area (Å²) in [6, 6.07) is 3.03. The second-order valence-corrected chi connectivity index (χ2v) is 4.92. The van der Waals surface area contributed by atoms with Crippen LogP contribution in [0.3, 0.4) is 0 Å². The average Bonchev–Trinajstić information content (AvgIpc) is 2.52. The van der Waals surface area contributed by atoms with Gasteiger partial charge in [-0.1, -0.05) is 13.8 Å². The number of hydrogen-bond donors (Lipinski definition) is 0. The lowest BCUT2D eigenvalue weighted by Gasteiger charge is -2.21. The molecule has 0 aliphatic heterocycles. The Labute approximate surface area is 130 Å². The Balaban J connectivity index is 2.93. The summed E-state index contributed by atoms with van der Waals surface area (Å²) in [5.74, 6) is 0. The molecule has 7 heteroatoms. The van der Waals surface area contributed by atoms with Crippen LogP contribution in [0.2, 0.25) is 0 Å². The first-order valence-electron chi connectivity index (χ1n) is 7.12. The summed E-state index contributed by atoms with van der Waals surface area (Å²) >= 11 is 0. The highest BCUT2D eigenvalue weighted by Gasteiger charge is 2.38. The largest absolute Gasteiger partial charge is 0.433 e. The third kappa shape index (κ3) is 3.33. The monoisotopic (exact) mass is 330 g/mol. The van der Waals surface area contributed by atoms with Gasteiger partial charge in [0.1, 0.15) is 11.4 Å². The first-order chi connectivity index (χ1) is 10.8. The molecule has 2 heterocycles. The molecule has 0 radical (unpaired) electrons. The zero-order valence-corrected chi connectivity index (χ0v) is 12.6. The minimum Gasteiger partial charge on any atom is -0.265 e. The van der Waals surface area contributed by atoms with Crippen molar-refractivity contribution in [3.8, 4) is 11.1 Å². The Bertz CT molecular complexity index is 681. The summed E-state index contributed by atoms with van der Waals surface area (Å²) in [6.45, 7) is 3.18. The van der Waals surface area contributed by atoms with E-state index in [0.29, 0.717) is 5.56 Å². The smallest absolute Gasteiger partial charge is 0.265 e. The van der Waals surface area contributed by atoms with E-state index in [0.717, 1.165) is 0 Å². The molecule has 2 aromatic heterocycles. The van der Waals surface area contributed by atoms with Crippen LogP contribution in [-0.2, 0) is 19.0 Å². The summed E-state index contributed by atoms with van der Waals surface area (Å²) in [6.07, 6.45) is -4.82. The van der Waals surface area contributed by atoms with Crippen molar-refractivity contribution in [2.24, 2.45) is 0 Å². The van der Waals surface area contributed by atoms with Gasteiger partial charge in [-0.05, 0) is 47.2 Å². The summed E-state index contributed by atoms with van der Waals surface area (Å²) in [7, 11) is 0. The van der Waals surface area contributed by atoms with Crippen molar-refractivity contribution in [3.05, 3.63) is 47.0 Å². The average molecular weight is 330 g/mol. The first kappa shape index (κ1) is 17.3. The number of halogens is 5. The number of pyridine rings is 2. The molecule has 0 unspecified atom stereocenters. The Morgan fingerprint density at radius 3 is 2.00 bits per heavy atom. The molecule has 0 amide bonds. The van der Waals surface area contributed by atoms with Crippen LogP contribution >= 0.6 is 0 Å². The molecule has 0 aliphatic rings. The highest BCUT2D eigenvalue weighted by molar-refractivity contribution is 5.73. The van der Waals surface area contributed by atoms with Crippen molar-refractivity contribution in [1.82, 2.24) is 9.97 Å². The topological polar surface area (TPSA) is 25.8 Å². The summed E-state index contributed by atoms with van der Waals surface area (Å²) in [5, 5.41) is 0. The lowest BCUT2D eigenvalue weighted by atomic mass is 9.90. The minimum absolute atomic E-state index is 0.0377. The van der Waals surface area contributed by atoms with Crippen LogP contribution in [0.1, 0.15) is 42.8 Å². The number of hydrogen-bond acceptors (Lipinski definition) is 2. The fourth-order valence-corrected chi connectivity index (χ4v) is 2.67. The van der Waals surface area contributed by atoms with Gasteiger partial charge in [-0.15, -0.1) is 0 Å². The van der Waals surface area contributed by atoms with Crippen LogP contribution < -0.4 is 0 Å².